The Morgan fingerprint density at radius 1 is 1.00 bits per heavy atom. The fourth-order valence-electron chi connectivity index (χ4n) is 2.02. The van der Waals surface area contributed by atoms with Crippen LogP contribution in [-0.4, -0.2) is 22.5 Å². The Balaban J connectivity index is 1.77. The first-order chi connectivity index (χ1) is 11.5. The van der Waals surface area contributed by atoms with Crippen LogP contribution < -0.4 is 4.74 Å². The normalized spacial score (nSPS) is 14.8. The van der Waals surface area contributed by atoms with Crippen molar-refractivity contribution in [2.45, 2.75) is 4.58 Å². The number of aromatic nitrogens is 1. The van der Waals surface area contributed by atoms with Gasteiger partial charge in [0.2, 0.25) is 0 Å². The average Bonchev–Trinajstić information content (AvgIpc) is 3.11. The summed E-state index contributed by atoms with van der Waals surface area (Å²) in [5, 5.41) is -0.234. The van der Waals surface area contributed by atoms with Gasteiger partial charge in [-0.2, -0.15) is 0 Å². The molecule has 126 valence electrons. The molecule has 0 radical (unpaired) electrons. The van der Waals surface area contributed by atoms with E-state index in [9.17, 15) is 4.79 Å². The molecule has 0 bridgehead atoms. The van der Waals surface area contributed by atoms with E-state index in [-0.39, 0.29) is 25.9 Å². The Bertz CT molecular complexity index is 780. The first kappa shape index (κ1) is 18.5. The number of esters is 1. The highest BCUT2D eigenvalue weighted by Crippen LogP contribution is 2.45. The zero-order valence-electron chi connectivity index (χ0n) is 11.9. The van der Waals surface area contributed by atoms with Gasteiger partial charge in [-0.15, -0.1) is 23.5 Å². The van der Waals surface area contributed by atoms with Gasteiger partial charge in [-0.1, -0.05) is 58.5 Å². The highest BCUT2D eigenvalue weighted by Gasteiger charge is 2.22. The molecule has 1 aliphatic rings. The van der Waals surface area contributed by atoms with Crippen molar-refractivity contribution in [2.24, 2.45) is 0 Å². The van der Waals surface area contributed by atoms with Gasteiger partial charge in [0, 0.05) is 11.5 Å². The van der Waals surface area contributed by atoms with Crippen molar-refractivity contribution in [2.75, 3.05) is 11.5 Å². The van der Waals surface area contributed by atoms with E-state index in [2.05, 4.69) is 4.98 Å². The van der Waals surface area contributed by atoms with Crippen molar-refractivity contribution in [1.82, 2.24) is 4.98 Å². The van der Waals surface area contributed by atoms with E-state index in [1.807, 2.05) is 35.7 Å². The first-order valence-electron chi connectivity index (χ1n) is 6.72. The largest absolute Gasteiger partial charge is 0.422 e. The van der Waals surface area contributed by atoms with Crippen LogP contribution in [0, 0.1) is 0 Å². The molecule has 0 amide bonds. The summed E-state index contributed by atoms with van der Waals surface area (Å²) in [4.78, 5) is 16.1. The highest BCUT2D eigenvalue weighted by molar-refractivity contribution is 8.19. The van der Waals surface area contributed by atoms with Crippen LogP contribution in [0.25, 0.3) is 0 Å². The van der Waals surface area contributed by atoms with E-state index in [1.165, 1.54) is 5.56 Å². The quantitative estimate of drug-likeness (QED) is 0.314. The molecule has 1 aromatic carbocycles. The van der Waals surface area contributed by atoms with Crippen LogP contribution in [0.4, 0.5) is 0 Å². The maximum atomic E-state index is 12.3. The molecule has 1 fully saturated rings. The molecule has 2 aromatic rings. The minimum absolute atomic E-state index is 0.00389. The fraction of sp³-hybridized carbons (Fsp3) is 0.200. The third kappa shape index (κ3) is 3.92. The van der Waals surface area contributed by atoms with Crippen LogP contribution in [0.5, 0.6) is 5.75 Å². The van der Waals surface area contributed by atoms with Gasteiger partial charge in [-0.25, -0.2) is 9.78 Å². The third-order valence-corrected chi connectivity index (χ3v) is 7.94. The second-order valence-corrected chi connectivity index (χ2v) is 8.94. The molecule has 0 atom stereocenters. The topological polar surface area (TPSA) is 39.2 Å². The van der Waals surface area contributed by atoms with E-state index in [1.54, 1.807) is 12.1 Å². The average molecular weight is 441 g/mol. The van der Waals surface area contributed by atoms with Crippen molar-refractivity contribution >= 4 is 75.9 Å². The zero-order valence-corrected chi connectivity index (χ0v) is 16.5. The molecule has 1 saturated heterocycles. The van der Waals surface area contributed by atoms with E-state index >= 15 is 0 Å². The van der Waals surface area contributed by atoms with E-state index in [4.69, 9.17) is 51.1 Å². The van der Waals surface area contributed by atoms with Crippen LogP contribution in [-0.2, 0) is 0 Å². The molecule has 24 heavy (non-hydrogen) atoms. The molecule has 0 N–H and O–H groups in total. The number of benzene rings is 1. The Hall–Kier alpha value is -0.300. The van der Waals surface area contributed by atoms with Gasteiger partial charge in [0.1, 0.15) is 10.9 Å². The van der Waals surface area contributed by atoms with Gasteiger partial charge in [0.15, 0.2) is 5.69 Å². The Kier molecular flexibility index (Phi) is 6.11. The van der Waals surface area contributed by atoms with Gasteiger partial charge in [-0.05, 0) is 17.7 Å². The molecular weight excluding hydrogens is 432 g/mol. The Labute approximate surface area is 167 Å². The SMILES string of the molecule is O=C(Oc1ccc(C2SCCS2)cc1)c1nc(Cl)c(Cl)c(Cl)c1Cl. The number of ether oxygens (including phenoxy) is 1. The van der Waals surface area contributed by atoms with Crippen LogP contribution in [0.2, 0.25) is 20.2 Å². The summed E-state index contributed by atoms with van der Waals surface area (Å²) in [7, 11) is 0. The molecule has 0 saturated carbocycles. The van der Waals surface area contributed by atoms with E-state index < -0.39 is 5.97 Å². The predicted molar refractivity (Wildman–Crippen MR) is 103 cm³/mol. The number of halogens is 4. The predicted octanol–water partition coefficient (Wildman–Crippen LogP) is 6.39. The van der Waals surface area contributed by atoms with Gasteiger partial charge in [0.05, 0.1) is 19.6 Å². The van der Waals surface area contributed by atoms with Crippen molar-refractivity contribution in [1.29, 1.82) is 0 Å². The molecule has 2 heterocycles. The smallest absolute Gasteiger partial charge is 0.364 e. The lowest BCUT2D eigenvalue weighted by molar-refractivity contribution is 0.0729. The summed E-state index contributed by atoms with van der Waals surface area (Å²) < 4.78 is 5.72. The summed E-state index contributed by atoms with van der Waals surface area (Å²) >= 11 is 27.4. The fourth-order valence-corrected chi connectivity index (χ4v) is 5.69. The summed E-state index contributed by atoms with van der Waals surface area (Å²) in [6.07, 6.45) is 0. The number of rotatable bonds is 3. The van der Waals surface area contributed by atoms with Crippen LogP contribution >= 0.6 is 69.9 Å². The summed E-state index contributed by atoms with van der Waals surface area (Å²) in [6, 6.07) is 7.35. The summed E-state index contributed by atoms with van der Waals surface area (Å²) in [5.74, 6) is 1.93. The number of hydrogen-bond donors (Lipinski definition) is 0. The minimum Gasteiger partial charge on any atom is -0.422 e. The van der Waals surface area contributed by atoms with Gasteiger partial charge < -0.3 is 4.74 Å². The zero-order chi connectivity index (χ0) is 17.3. The second-order valence-electron chi connectivity index (χ2n) is 4.73. The maximum absolute atomic E-state index is 12.3. The molecule has 1 aliphatic heterocycles. The Morgan fingerprint density at radius 3 is 2.25 bits per heavy atom. The number of hydrogen-bond acceptors (Lipinski definition) is 5. The molecule has 0 spiro atoms. The number of nitrogens with zero attached hydrogens (tertiary/aromatic N) is 1. The molecule has 9 heteroatoms. The molecule has 3 rings (SSSR count). The second kappa shape index (κ2) is 7.94. The number of thioether (sulfide) groups is 2. The highest BCUT2D eigenvalue weighted by atomic mass is 35.5. The van der Waals surface area contributed by atoms with E-state index in [0.29, 0.717) is 10.3 Å². The van der Waals surface area contributed by atoms with E-state index in [0.717, 1.165) is 11.5 Å². The van der Waals surface area contributed by atoms with Gasteiger partial charge >= 0.3 is 5.97 Å². The van der Waals surface area contributed by atoms with Gasteiger partial charge in [0.25, 0.3) is 0 Å². The molecule has 0 unspecified atom stereocenters. The summed E-state index contributed by atoms with van der Waals surface area (Å²) in [6.45, 7) is 0. The monoisotopic (exact) mass is 439 g/mol. The lowest BCUT2D eigenvalue weighted by Crippen LogP contribution is -2.12. The first-order valence-corrected chi connectivity index (χ1v) is 10.3. The molecule has 0 aliphatic carbocycles. The maximum Gasteiger partial charge on any atom is 0.364 e. The number of carbonyl (C=O) groups excluding carboxylic acids is 1. The molecular formula is C15H9Cl4NO2S2. The lowest BCUT2D eigenvalue weighted by atomic mass is 10.2. The standard InChI is InChI=1S/C15H9Cl4NO2S2/c16-9-10(17)12(20-13(19)11(9)18)14(21)22-8-3-1-7(2-4-8)15-23-5-6-24-15/h1-4,15H,5-6H2. The van der Waals surface area contributed by atoms with Crippen molar-refractivity contribution in [3.05, 3.63) is 55.7 Å². The molecule has 1 aromatic heterocycles. The molecule has 3 nitrogen and oxygen atoms in total. The van der Waals surface area contributed by atoms with Crippen LogP contribution in [0.1, 0.15) is 20.6 Å². The van der Waals surface area contributed by atoms with Gasteiger partial charge in [-0.3, -0.25) is 0 Å². The van der Waals surface area contributed by atoms with Crippen molar-refractivity contribution in [3.8, 4) is 5.75 Å². The van der Waals surface area contributed by atoms with Crippen LogP contribution in [0.3, 0.4) is 0 Å². The lowest BCUT2D eigenvalue weighted by Gasteiger charge is -2.10. The number of pyridine rings is 1. The van der Waals surface area contributed by atoms with Crippen LogP contribution in [0.15, 0.2) is 24.3 Å². The summed E-state index contributed by atoms with van der Waals surface area (Å²) in [5.41, 5.74) is 1.01. The van der Waals surface area contributed by atoms with Crippen molar-refractivity contribution in [3.63, 3.8) is 0 Å². The van der Waals surface area contributed by atoms with Crippen molar-refractivity contribution < 1.29 is 9.53 Å². The minimum atomic E-state index is -0.752. The third-order valence-electron chi connectivity index (χ3n) is 3.16. The Morgan fingerprint density at radius 2 is 1.62 bits per heavy atom. The number of carbonyl (C=O) groups is 1.